The van der Waals surface area contributed by atoms with Gasteiger partial charge in [0.25, 0.3) is 0 Å². The van der Waals surface area contributed by atoms with Crippen LogP contribution in [0.2, 0.25) is 0 Å². The molecule has 1 fully saturated rings. The van der Waals surface area contributed by atoms with Crippen LogP contribution in [-0.4, -0.2) is 31.5 Å². The summed E-state index contributed by atoms with van der Waals surface area (Å²) >= 11 is 0. The summed E-state index contributed by atoms with van der Waals surface area (Å²) in [6.45, 7) is 7.89. The number of ether oxygens (including phenoxy) is 2. The molecule has 108 valence electrons. The molecule has 1 saturated heterocycles. The van der Waals surface area contributed by atoms with E-state index < -0.39 is 0 Å². The predicted molar refractivity (Wildman–Crippen MR) is 74.1 cm³/mol. The molecule has 1 aromatic heterocycles. The van der Waals surface area contributed by atoms with Crippen LogP contribution in [-0.2, 0) is 9.47 Å². The Bertz CT molecular complexity index is 342. The second-order valence-corrected chi connectivity index (χ2v) is 5.41. The average Bonchev–Trinajstić information content (AvgIpc) is 2.87. The summed E-state index contributed by atoms with van der Waals surface area (Å²) in [7, 11) is 0. The number of hydrogen-bond acceptors (Lipinski definition) is 4. The highest BCUT2D eigenvalue weighted by Gasteiger charge is 2.24. The van der Waals surface area contributed by atoms with Crippen molar-refractivity contribution in [2.75, 3.05) is 13.2 Å². The Balaban J connectivity index is 1.61. The van der Waals surface area contributed by atoms with Gasteiger partial charge < -0.3 is 19.2 Å². The van der Waals surface area contributed by atoms with Gasteiger partial charge in [-0.25, -0.2) is 0 Å². The fraction of sp³-hybridized carbons (Fsp3) is 0.733. The molecule has 1 aromatic rings. The quantitative estimate of drug-likeness (QED) is 0.805. The van der Waals surface area contributed by atoms with Crippen molar-refractivity contribution in [2.24, 2.45) is 0 Å². The zero-order valence-corrected chi connectivity index (χ0v) is 12.1. The summed E-state index contributed by atoms with van der Waals surface area (Å²) in [5, 5.41) is 3.40. The molecule has 1 N–H and O–H groups in total. The van der Waals surface area contributed by atoms with Gasteiger partial charge in [-0.15, -0.1) is 0 Å². The van der Waals surface area contributed by atoms with Crippen molar-refractivity contribution in [2.45, 2.75) is 58.0 Å². The molecule has 3 atom stereocenters. The van der Waals surface area contributed by atoms with E-state index in [1.54, 1.807) is 6.26 Å². The summed E-state index contributed by atoms with van der Waals surface area (Å²) < 4.78 is 17.0. The third-order valence-electron chi connectivity index (χ3n) is 3.53. The van der Waals surface area contributed by atoms with Crippen molar-refractivity contribution >= 4 is 0 Å². The van der Waals surface area contributed by atoms with Crippen LogP contribution in [0.25, 0.3) is 0 Å². The predicted octanol–water partition coefficient (Wildman–Crippen LogP) is 2.90. The molecule has 0 aromatic carbocycles. The van der Waals surface area contributed by atoms with E-state index in [-0.39, 0.29) is 6.04 Å². The van der Waals surface area contributed by atoms with Crippen LogP contribution in [0.15, 0.2) is 22.8 Å². The lowest BCUT2D eigenvalue weighted by molar-refractivity contribution is -0.101. The van der Waals surface area contributed by atoms with Crippen LogP contribution in [0.3, 0.4) is 0 Å². The van der Waals surface area contributed by atoms with E-state index in [9.17, 15) is 0 Å². The minimum Gasteiger partial charge on any atom is -0.468 e. The standard InChI is InChI=1S/C15H25NO3/c1-11-9-14(10-12(2)19-11)17-8-6-16-13(3)15-5-4-7-18-15/h4-5,7,11-14,16H,6,8-10H2,1-3H3. The monoisotopic (exact) mass is 267 g/mol. The van der Waals surface area contributed by atoms with Crippen molar-refractivity contribution in [3.63, 3.8) is 0 Å². The Hall–Kier alpha value is -0.840. The van der Waals surface area contributed by atoms with E-state index in [2.05, 4.69) is 26.1 Å². The van der Waals surface area contributed by atoms with Crippen molar-refractivity contribution in [3.8, 4) is 0 Å². The van der Waals surface area contributed by atoms with Crippen molar-refractivity contribution < 1.29 is 13.9 Å². The topological polar surface area (TPSA) is 43.6 Å². The molecule has 19 heavy (non-hydrogen) atoms. The SMILES string of the molecule is CC1CC(OCCNC(C)c2ccco2)CC(C)O1. The van der Waals surface area contributed by atoms with Crippen molar-refractivity contribution in [1.29, 1.82) is 0 Å². The van der Waals surface area contributed by atoms with Crippen LogP contribution < -0.4 is 5.32 Å². The first-order chi connectivity index (χ1) is 9.15. The van der Waals surface area contributed by atoms with Crippen LogP contribution >= 0.6 is 0 Å². The van der Waals surface area contributed by atoms with Crippen molar-refractivity contribution in [1.82, 2.24) is 5.32 Å². The van der Waals surface area contributed by atoms with Gasteiger partial charge in [0.1, 0.15) is 5.76 Å². The normalized spacial score (nSPS) is 29.3. The minimum atomic E-state index is 0.228. The molecule has 0 bridgehead atoms. The summed E-state index contributed by atoms with van der Waals surface area (Å²) in [5.41, 5.74) is 0. The van der Waals surface area contributed by atoms with E-state index in [1.807, 2.05) is 12.1 Å². The lowest BCUT2D eigenvalue weighted by Crippen LogP contribution is -2.35. The highest BCUT2D eigenvalue weighted by atomic mass is 16.5. The molecule has 0 amide bonds. The number of hydrogen-bond donors (Lipinski definition) is 1. The zero-order valence-electron chi connectivity index (χ0n) is 12.1. The highest BCUT2D eigenvalue weighted by molar-refractivity contribution is 5.02. The fourth-order valence-electron chi connectivity index (χ4n) is 2.62. The van der Waals surface area contributed by atoms with Gasteiger partial charge in [0.05, 0.1) is 37.2 Å². The molecular weight excluding hydrogens is 242 g/mol. The van der Waals surface area contributed by atoms with Gasteiger partial charge in [-0.2, -0.15) is 0 Å². The fourth-order valence-corrected chi connectivity index (χ4v) is 2.62. The first kappa shape index (κ1) is 14.6. The number of furan rings is 1. The molecule has 4 nitrogen and oxygen atoms in total. The second-order valence-electron chi connectivity index (χ2n) is 5.41. The third-order valence-corrected chi connectivity index (χ3v) is 3.53. The molecule has 4 heteroatoms. The van der Waals surface area contributed by atoms with E-state index in [4.69, 9.17) is 13.9 Å². The Morgan fingerprint density at radius 2 is 2.11 bits per heavy atom. The largest absolute Gasteiger partial charge is 0.468 e. The van der Waals surface area contributed by atoms with E-state index in [1.165, 1.54) is 0 Å². The average molecular weight is 267 g/mol. The van der Waals surface area contributed by atoms with E-state index in [0.29, 0.717) is 18.3 Å². The molecule has 0 aliphatic carbocycles. The number of rotatable bonds is 6. The molecule has 0 radical (unpaired) electrons. The first-order valence-electron chi connectivity index (χ1n) is 7.19. The van der Waals surface area contributed by atoms with Gasteiger partial charge in [0, 0.05) is 6.54 Å². The van der Waals surface area contributed by atoms with E-state index in [0.717, 1.165) is 31.8 Å². The first-order valence-corrected chi connectivity index (χ1v) is 7.19. The second kappa shape index (κ2) is 7.08. The van der Waals surface area contributed by atoms with Crippen LogP contribution in [0, 0.1) is 0 Å². The van der Waals surface area contributed by atoms with Crippen LogP contribution in [0.1, 0.15) is 45.4 Å². The molecule has 0 saturated carbocycles. The van der Waals surface area contributed by atoms with Crippen LogP contribution in [0.5, 0.6) is 0 Å². The maximum atomic E-state index is 5.92. The summed E-state index contributed by atoms with van der Waals surface area (Å²) in [5.74, 6) is 0.966. The summed E-state index contributed by atoms with van der Waals surface area (Å²) in [4.78, 5) is 0. The Morgan fingerprint density at radius 1 is 1.37 bits per heavy atom. The van der Waals surface area contributed by atoms with Gasteiger partial charge in [-0.05, 0) is 45.7 Å². The summed E-state index contributed by atoms with van der Waals surface area (Å²) in [6.07, 6.45) is 4.65. The van der Waals surface area contributed by atoms with Gasteiger partial charge >= 0.3 is 0 Å². The lowest BCUT2D eigenvalue weighted by atomic mass is 10.0. The van der Waals surface area contributed by atoms with Gasteiger partial charge in [0.15, 0.2) is 0 Å². The molecule has 1 aliphatic rings. The smallest absolute Gasteiger partial charge is 0.120 e. The molecule has 3 unspecified atom stereocenters. The lowest BCUT2D eigenvalue weighted by Gasteiger charge is -2.32. The minimum absolute atomic E-state index is 0.228. The molecular formula is C15H25NO3. The van der Waals surface area contributed by atoms with Gasteiger partial charge in [-0.1, -0.05) is 0 Å². The maximum absolute atomic E-state index is 5.92. The van der Waals surface area contributed by atoms with E-state index >= 15 is 0 Å². The molecule has 1 aliphatic heterocycles. The van der Waals surface area contributed by atoms with Gasteiger partial charge in [0.2, 0.25) is 0 Å². The van der Waals surface area contributed by atoms with Gasteiger partial charge in [-0.3, -0.25) is 0 Å². The Kier molecular flexibility index (Phi) is 5.43. The zero-order chi connectivity index (χ0) is 13.7. The molecule has 2 rings (SSSR count). The summed E-state index contributed by atoms with van der Waals surface area (Å²) in [6, 6.07) is 4.13. The Morgan fingerprint density at radius 3 is 2.74 bits per heavy atom. The van der Waals surface area contributed by atoms with Crippen LogP contribution in [0.4, 0.5) is 0 Å². The highest BCUT2D eigenvalue weighted by Crippen LogP contribution is 2.21. The van der Waals surface area contributed by atoms with Crippen molar-refractivity contribution in [3.05, 3.63) is 24.2 Å². The number of nitrogens with one attached hydrogen (secondary N) is 1. The third kappa shape index (κ3) is 4.64. The molecule has 0 spiro atoms. The maximum Gasteiger partial charge on any atom is 0.120 e. The molecule has 2 heterocycles. The Labute approximate surface area is 115 Å².